The van der Waals surface area contributed by atoms with E-state index >= 15 is 0 Å². The van der Waals surface area contributed by atoms with Crippen molar-refractivity contribution in [1.29, 1.82) is 0 Å². The molecule has 11 heteroatoms. The number of benzene rings is 1. The van der Waals surface area contributed by atoms with E-state index in [0.717, 1.165) is 11.5 Å². The molecular formula is C18H22N4O5S2. The Morgan fingerprint density at radius 2 is 2.07 bits per heavy atom. The van der Waals surface area contributed by atoms with Crippen LogP contribution in [0.15, 0.2) is 45.3 Å². The van der Waals surface area contributed by atoms with Crippen molar-refractivity contribution < 1.29 is 23.5 Å². The molecule has 1 aliphatic carbocycles. The van der Waals surface area contributed by atoms with Gasteiger partial charge in [0, 0.05) is 35.5 Å². The van der Waals surface area contributed by atoms with Crippen LogP contribution in [0.2, 0.25) is 0 Å². The fraction of sp³-hybridized carbons (Fsp3) is 0.333. The number of nitrogens with one attached hydrogen (secondary N) is 1. The van der Waals surface area contributed by atoms with Crippen molar-refractivity contribution in [2.75, 3.05) is 19.0 Å². The second-order valence-electron chi connectivity index (χ2n) is 6.36. The van der Waals surface area contributed by atoms with Gasteiger partial charge in [0.05, 0.1) is 11.5 Å². The Morgan fingerprint density at radius 3 is 2.62 bits per heavy atom. The lowest BCUT2D eigenvalue weighted by atomic mass is 10.1. The molecule has 156 valence electrons. The number of anilines is 1. The number of aryl methyl sites for hydroxylation is 1. The van der Waals surface area contributed by atoms with Gasteiger partial charge in [-0.2, -0.15) is 4.37 Å². The first kappa shape index (κ1) is 21.4. The van der Waals surface area contributed by atoms with Gasteiger partial charge in [-0.05, 0) is 26.0 Å². The van der Waals surface area contributed by atoms with Crippen molar-refractivity contribution in [2.45, 2.75) is 31.3 Å². The number of rotatable bonds is 9. The minimum absolute atomic E-state index is 0.0227. The third kappa shape index (κ3) is 5.40. The van der Waals surface area contributed by atoms with E-state index < -0.39 is 16.5 Å². The van der Waals surface area contributed by atoms with E-state index in [1.54, 1.807) is 51.3 Å². The van der Waals surface area contributed by atoms with Gasteiger partial charge in [-0.1, -0.05) is 23.4 Å². The summed E-state index contributed by atoms with van der Waals surface area (Å²) in [5.74, 6) is 0.0349. The van der Waals surface area contributed by atoms with Crippen LogP contribution in [0.25, 0.3) is 0 Å². The first-order valence-electron chi connectivity index (χ1n) is 8.73. The summed E-state index contributed by atoms with van der Waals surface area (Å²) >= 11 is 1.06. The molecule has 3 N–H and O–H groups in total. The van der Waals surface area contributed by atoms with Gasteiger partial charge >= 0.3 is 0 Å². The summed E-state index contributed by atoms with van der Waals surface area (Å²) in [6.45, 7) is 3.80. The van der Waals surface area contributed by atoms with Crippen molar-refractivity contribution >= 4 is 38.9 Å². The molecule has 0 fully saturated rings. The molecule has 0 bridgehead atoms. The minimum Gasteiger partial charge on any atom is -0.390 e. The molecule has 2 aromatic rings. The smallest absolute Gasteiger partial charge is 0.280 e. The molecule has 0 spiro atoms. The van der Waals surface area contributed by atoms with Crippen LogP contribution in [0.3, 0.4) is 0 Å². The van der Waals surface area contributed by atoms with Gasteiger partial charge in [0.15, 0.2) is 5.71 Å². The zero-order chi connectivity index (χ0) is 21.0. The zero-order valence-electron chi connectivity index (χ0n) is 16.2. The van der Waals surface area contributed by atoms with Gasteiger partial charge in [-0.15, -0.1) is 10.6 Å². The Bertz CT molecular complexity index is 940. The van der Waals surface area contributed by atoms with E-state index in [9.17, 15) is 13.9 Å². The fourth-order valence-corrected chi connectivity index (χ4v) is 4.30. The number of hydrogen-bond donors (Lipinski definition) is 3. The molecule has 3 rings (SSSR count). The average molecular weight is 439 g/mol. The maximum Gasteiger partial charge on any atom is 0.280 e. The lowest BCUT2D eigenvalue weighted by molar-refractivity contribution is -0.110. The second-order valence-corrected chi connectivity index (χ2v) is 9.21. The van der Waals surface area contributed by atoms with E-state index in [2.05, 4.69) is 19.8 Å². The molecule has 0 aliphatic heterocycles. The quantitative estimate of drug-likeness (QED) is 0.403. The SMILES string of the molecule is COC[C@@H](C)ON=C(C(=O)Nc1nc(C)ns1)c1ccc(S(O)(O)C2=CC2)cc1. The van der Waals surface area contributed by atoms with Crippen LogP contribution in [-0.2, 0) is 14.4 Å². The van der Waals surface area contributed by atoms with Gasteiger partial charge in [-0.3, -0.25) is 19.2 Å². The summed E-state index contributed by atoms with van der Waals surface area (Å²) < 4.78 is 29.7. The molecule has 1 amide bonds. The number of amides is 1. The number of carbonyl (C=O) groups excluding carboxylic acids is 1. The Labute approximate surface area is 174 Å². The molecule has 1 heterocycles. The maximum atomic E-state index is 12.8. The summed E-state index contributed by atoms with van der Waals surface area (Å²) in [6, 6.07) is 6.34. The highest BCUT2D eigenvalue weighted by Gasteiger charge is 2.27. The van der Waals surface area contributed by atoms with Crippen molar-refractivity contribution in [1.82, 2.24) is 9.36 Å². The van der Waals surface area contributed by atoms with Crippen molar-refractivity contribution in [3.63, 3.8) is 0 Å². The number of methoxy groups -OCH3 is 1. The summed E-state index contributed by atoms with van der Waals surface area (Å²) in [7, 11) is -1.41. The molecule has 1 aliphatic rings. The molecule has 29 heavy (non-hydrogen) atoms. The van der Waals surface area contributed by atoms with Crippen LogP contribution in [0.5, 0.6) is 0 Å². The van der Waals surface area contributed by atoms with Gasteiger partial charge in [0.1, 0.15) is 11.9 Å². The summed E-state index contributed by atoms with van der Waals surface area (Å²) in [5, 5.41) is 7.00. The van der Waals surface area contributed by atoms with E-state index in [0.29, 0.717) is 39.3 Å². The van der Waals surface area contributed by atoms with Gasteiger partial charge in [-0.25, -0.2) is 4.98 Å². The topological polar surface area (TPSA) is 126 Å². The largest absolute Gasteiger partial charge is 0.390 e. The summed E-state index contributed by atoms with van der Waals surface area (Å²) in [4.78, 5) is 23.3. The standard InChI is InChI=1S/C18H22N4O5S2/c1-11(10-26-3)27-21-16(17(23)20-18-19-12(2)22-28-18)13-4-6-14(7-5-13)29(24,25)15-8-9-15/h4-8,11,24-25H,9-10H2,1-3H3,(H,19,20,22,23)/t11-/m1/s1. The average Bonchev–Trinajstić information content (AvgIpc) is 3.46. The van der Waals surface area contributed by atoms with Crippen LogP contribution in [0, 0.1) is 6.92 Å². The van der Waals surface area contributed by atoms with Crippen molar-refractivity contribution in [3.8, 4) is 0 Å². The Kier molecular flexibility index (Phi) is 6.65. The normalized spacial score (nSPS) is 15.5. The monoisotopic (exact) mass is 438 g/mol. The molecule has 0 unspecified atom stereocenters. The number of aromatic nitrogens is 2. The van der Waals surface area contributed by atoms with Crippen LogP contribution in [-0.4, -0.2) is 49.9 Å². The predicted molar refractivity (Wildman–Crippen MR) is 112 cm³/mol. The number of nitrogens with zero attached hydrogens (tertiary/aromatic N) is 3. The highest BCUT2D eigenvalue weighted by Crippen LogP contribution is 2.61. The molecular weight excluding hydrogens is 416 g/mol. The summed E-state index contributed by atoms with van der Waals surface area (Å²) in [6.07, 6.45) is 2.02. The van der Waals surface area contributed by atoms with E-state index in [1.165, 1.54) is 0 Å². The first-order valence-corrected chi connectivity index (χ1v) is 11.1. The fourth-order valence-electron chi connectivity index (χ4n) is 2.37. The maximum absolute atomic E-state index is 12.8. The van der Waals surface area contributed by atoms with Gasteiger partial charge < -0.3 is 9.57 Å². The molecule has 1 atom stereocenters. The Balaban J connectivity index is 1.84. The molecule has 9 nitrogen and oxygen atoms in total. The van der Waals surface area contributed by atoms with Gasteiger partial charge in [0.25, 0.3) is 5.91 Å². The van der Waals surface area contributed by atoms with Gasteiger partial charge in [0.2, 0.25) is 5.13 Å². The van der Waals surface area contributed by atoms with Crippen LogP contribution < -0.4 is 5.32 Å². The molecule has 0 radical (unpaired) electrons. The predicted octanol–water partition coefficient (Wildman–Crippen LogP) is 3.64. The first-order chi connectivity index (χ1) is 13.8. The number of hydrogen-bond acceptors (Lipinski definition) is 9. The highest BCUT2D eigenvalue weighted by atomic mass is 32.3. The second kappa shape index (κ2) is 9.01. The number of allylic oxidation sites excluding steroid dienone is 2. The minimum atomic E-state index is -2.95. The molecule has 1 aromatic heterocycles. The summed E-state index contributed by atoms with van der Waals surface area (Å²) in [5.41, 5.74) is 0.478. The van der Waals surface area contributed by atoms with E-state index in [-0.39, 0.29) is 11.8 Å². The van der Waals surface area contributed by atoms with Crippen molar-refractivity contribution in [2.24, 2.45) is 5.16 Å². The lowest BCUT2D eigenvalue weighted by Crippen LogP contribution is -2.25. The van der Waals surface area contributed by atoms with Crippen LogP contribution >= 0.6 is 22.1 Å². The number of oxime groups is 1. The zero-order valence-corrected chi connectivity index (χ0v) is 17.8. The third-order valence-electron chi connectivity index (χ3n) is 3.88. The Morgan fingerprint density at radius 1 is 1.38 bits per heavy atom. The number of carbonyl (C=O) groups is 1. The highest BCUT2D eigenvalue weighted by molar-refractivity contribution is 8.27. The van der Waals surface area contributed by atoms with Crippen LogP contribution in [0.4, 0.5) is 5.13 Å². The molecule has 1 aromatic carbocycles. The van der Waals surface area contributed by atoms with E-state index in [4.69, 9.17) is 9.57 Å². The molecule has 0 saturated carbocycles. The lowest BCUT2D eigenvalue weighted by Gasteiger charge is -2.30. The number of ether oxygens (including phenoxy) is 1. The Hall–Kier alpha value is -2.31. The van der Waals surface area contributed by atoms with Crippen molar-refractivity contribution in [3.05, 3.63) is 46.6 Å². The van der Waals surface area contributed by atoms with Crippen LogP contribution in [0.1, 0.15) is 24.7 Å². The molecule has 0 saturated heterocycles. The third-order valence-corrected chi connectivity index (χ3v) is 6.60. The van der Waals surface area contributed by atoms with E-state index in [1.807, 2.05) is 0 Å².